The van der Waals surface area contributed by atoms with Crippen LogP contribution in [-0.4, -0.2) is 48.2 Å². The lowest BCUT2D eigenvalue weighted by molar-refractivity contribution is -0.139. The smallest absolute Gasteiger partial charge is 0.307 e. The van der Waals surface area contributed by atoms with E-state index in [0.717, 1.165) is 32.1 Å². The lowest BCUT2D eigenvalue weighted by atomic mass is 9.90. The van der Waals surface area contributed by atoms with Crippen LogP contribution in [0.4, 0.5) is 0 Å². The fourth-order valence-electron chi connectivity index (χ4n) is 3.87. The van der Waals surface area contributed by atoms with Gasteiger partial charge in [-0.25, -0.2) is 0 Å². The molecule has 5 heteroatoms. The molecule has 2 fully saturated rings. The van der Waals surface area contributed by atoms with E-state index >= 15 is 0 Å². The van der Waals surface area contributed by atoms with Crippen molar-refractivity contribution in [1.29, 1.82) is 0 Å². The molecule has 2 aliphatic rings. The molecule has 136 valence electrons. The van der Waals surface area contributed by atoms with Crippen LogP contribution in [0.15, 0.2) is 30.3 Å². The van der Waals surface area contributed by atoms with Crippen LogP contribution >= 0.6 is 0 Å². The largest absolute Gasteiger partial charge is 0.481 e. The number of rotatable bonds is 8. The van der Waals surface area contributed by atoms with E-state index in [2.05, 4.69) is 12.1 Å². The van der Waals surface area contributed by atoms with Gasteiger partial charge < -0.3 is 14.7 Å². The lowest BCUT2D eigenvalue weighted by Crippen LogP contribution is -2.40. The molecule has 1 spiro atoms. The number of nitrogens with zero attached hydrogens (tertiary/aromatic N) is 1. The second-order valence-electron chi connectivity index (χ2n) is 7.29. The maximum Gasteiger partial charge on any atom is 0.307 e. The van der Waals surface area contributed by atoms with Crippen LogP contribution in [0.2, 0.25) is 0 Å². The van der Waals surface area contributed by atoms with Gasteiger partial charge in [0.05, 0.1) is 12.5 Å². The van der Waals surface area contributed by atoms with Gasteiger partial charge in [-0.05, 0) is 43.1 Å². The molecule has 1 atom stereocenters. The van der Waals surface area contributed by atoms with E-state index in [1.165, 1.54) is 5.56 Å². The Bertz CT molecular complexity index is 593. The normalized spacial score (nSPS) is 21.3. The van der Waals surface area contributed by atoms with Crippen LogP contribution < -0.4 is 0 Å². The summed E-state index contributed by atoms with van der Waals surface area (Å²) >= 11 is 0. The number of hydrogen-bond donors (Lipinski definition) is 1. The number of aliphatic carboxylic acids is 1. The zero-order valence-corrected chi connectivity index (χ0v) is 14.7. The number of ether oxygens (including phenoxy) is 1. The molecule has 1 aromatic rings. The summed E-state index contributed by atoms with van der Waals surface area (Å²) in [5, 5.41) is 9.11. The molecule has 1 aliphatic heterocycles. The number of piperidine rings is 1. The molecular formula is C20H27NO4. The molecule has 1 aromatic carbocycles. The fourth-order valence-corrected chi connectivity index (χ4v) is 3.87. The van der Waals surface area contributed by atoms with Crippen molar-refractivity contribution < 1.29 is 19.4 Å². The van der Waals surface area contributed by atoms with E-state index in [9.17, 15) is 9.59 Å². The van der Waals surface area contributed by atoms with Gasteiger partial charge in [0.25, 0.3) is 0 Å². The second-order valence-corrected chi connectivity index (χ2v) is 7.29. The van der Waals surface area contributed by atoms with Gasteiger partial charge in [0.2, 0.25) is 5.91 Å². The minimum atomic E-state index is -0.674. The van der Waals surface area contributed by atoms with E-state index in [-0.39, 0.29) is 17.2 Å². The van der Waals surface area contributed by atoms with E-state index in [0.29, 0.717) is 32.7 Å². The summed E-state index contributed by atoms with van der Waals surface area (Å²) in [6.45, 7) is 2.70. The molecule has 0 aromatic heterocycles. The molecule has 5 nitrogen and oxygen atoms in total. The van der Waals surface area contributed by atoms with Crippen molar-refractivity contribution in [2.45, 2.75) is 38.5 Å². The summed E-state index contributed by atoms with van der Waals surface area (Å²) in [7, 11) is 0. The first kappa shape index (κ1) is 17.9. The first-order valence-corrected chi connectivity index (χ1v) is 9.23. The molecule has 1 amide bonds. The number of carboxylic acids is 1. The van der Waals surface area contributed by atoms with E-state index < -0.39 is 5.97 Å². The van der Waals surface area contributed by atoms with Crippen molar-refractivity contribution in [1.82, 2.24) is 4.90 Å². The molecule has 1 aliphatic carbocycles. The molecule has 1 heterocycles. The van der Waals surface area contributed by atoms with Crippen LogP contribution in [0.1, 0.15) is 37.7 Å². The third kappa shape index (κ3) is 4.60. The number of benzene rings is 1. The Morgan fingerprint density at radius 1 is 1.16 bits per heavy atom. The van der Waals surface area contributed by atoms with Crippen LogP contribution in [0, 0.1) is 11.3 Å². The van der Waals surface area contributed by atoms with Crippen molar-refractivity contribution >= 4 is 11.9 Å². The van der Waals surface area contributed by atoms with E-state index in [4.69, 9.17) is 9.84 Å². The highest BCUT2D eigenvalue weighted by atomic mass is 16.5. The highest BCUT2D eigenvalue weighted by Gasteiger charge is 2.59. The number of carbonyl (C=O) groups excluding carboxylic acids is 1. The Hall–Kier alpha value is -1.88. The zero-order valence-electron chi connectivity index (χ0n) is 14.7. The number of carbonyl (C=O) groups is 2. The molecule has 1 saturated heterocycles. The van der Waals surface area contributed by atoms with Crippen molar-refractivity contribution in [3.63, 3.8) is 0 Å². The van der Waals surface area contributed by atoms with Crippen LogP contribution in [-0.2, 0) is 20.7 Å². The Balaban J connectivity index is 1.26. The fraction of sp³-hybridized carbons (Fsp3) is 0.600. The summed E-state index contributed by atoms with van der Waals surface area (Å²) in [5.41, 5.74) is 1.25. The zero-order chi connectivity index (χ0) is 17.7. The monoisotopic (exact) mass is 345 g/mol. The summed E-state index contributed by atoms with van der Waals surface area (Å²) in [6, 6.07) is 10.2. The average Bonchev–Trinajstić information content (AvgIpc) is 3.33. The van der Waals surface area contributed by atoms with Gasteiger partial charge in [-0.3, -0.25) is 9.59 Å². The maximum absolute atomic E-state index is 12.3. The average molecular weight is 345 g/mol. The SMILES string of the molecule is O=C(O)C1CC12CCN(C(=O)CCCOCCc1ccccc1)CC2. The van der Waals surface area contributed by atoms with Crippen molar-refractivity contribution in [2.24, 2.45) is 11.3 Å². The van der Waals surface area contributed by atoms with Crippen LogP contribution in [0.5, 0.6) is 0 Å². The number of hydrogen-bond acceptors (Lipinski definition) is 3. The Morgan fingerprint density at radius 2 is 1.88 bits per heavy atom. The summed E-state index contributed by atoms with van der Waals surface area (Å²) in [5.74, 6) is -0.677. The first-order chi connectivity index (χ1) is 12.1. The first-order valence-electron chi connectivity index (χ1n) is 9.23. The predicted octanol–water partition coefficient (Wildman–Crippen LogP) is 2.74. The van der Waals surface area contributed by atoms with E-state index in [1.807, 2.05) is 23.1 Å². The third-order valence-corrected chi connectivity index (χ3v) is 5.66. The summed E-state index contributed by atoms with van der Waals surface area (Å²) in [6.07, 6.45) is 4.62. The minimum absolute atomic E-state index is 0.0108. The molecule has 25 heavy (non-hydrogen) atoms. The highest BCUT2D eigenvalue weighted by molar-refractivity contribution is 5.77. The molecule has 3 rings (SSSR count). The molecule has 0 radical (unpaired) electrons. The van der Waals surface area contributed by atoms with Crippen LogP contribution in [0.3, 0.4) is 0 Å². The molecular weight excluding hydrogens is 318 g/mol. The van der Waals surface area contributed by atoms with Gasteiger partial charge in [-0.15, -0.1) is 0 Å². The molecule has 1 unspecified atom stereocenters. The van der Waals surface area contributed by atoms with Gasteiger partial charge in [0.1, 0.15) is 0 Å². The Labute approximate surface area is 149 Å². The highest BCUT2D eigenvalue weighted by Crippen LogP contribution is 2.59. The Kier molecular flexibility index (Phi) is 5.74. The van der Waals surface area contributed by atoms with Gasteiger partial charge in [-0.2, -0.15) is 0 Å². The van der Waals surface area contributed by atoms with Crippen molar-refractivity contribution in [3.8, 4) is 0 Å². The molecule has 1 N–H and O–H groups in total. The molecule has 0 bridgehead atoms. The molecule has 1 saturated carbocycles. The van der Waals surface area contributed by atoms with Crippen LogP contribution in [0.25, 0.3) is 0 Å². The third-order valence-electron chi connectivity index (χ3n) is 5.66. The second kappa shape index (κ2) is 8.00. The van der Waals surface area contributed by atoms with Gasteiger partial charge in [0.15, 0.2) is 0 Å². The van der Waals surface area contributed by atoms with Gasteiger partial charge >= 0.3 is 5.97 Å². The lowest BCUT2D eigenvalue weighted by Gasteiger charge is -2.32. The van der Waals surface area contributed by atoms with Gasteiger partial charge in [0, 0.05) is 26.1 Å². The standard InChI is InChI=1S/C20H27NO4/c22-18(7-4-13-25-14-8-16-5-2-1-3-6-16)21-11-9-20(10-12-21)15-17(20)19(23)24/h1-3,5-6,17H,4,7-15H2,(H,23,24). The van der Waals surface area contributed by atoms with E-state index in [1.54, 1.807) is 0 Å². The number of likely N-dealkylation sites (tertiary alicyclic amines) is 1. The summed E-state index contributed by atoms with van der Waals surface area (Å²) < 4.78 is 5.62. The van der Waals surface area contributed by atoms with Crippen molar-refractivity contribution in [3.05, 3.63) is 35.9 Å². The topological polar surface area (TPSA) is 66.8 Å². The minimum Gasteiger partial charge on any atom is -0.481 e. The van der Waals surface area contributed by atoms with Gasteiger partial charge in [-0.1, -0.05) is 30.3 Å². The quantitative estimate of drug-likeness (QED) is 0.736. The maximum atomic E-state index is 12.3. The predicted molar refractivity (Wildman–Crippen MR) is 94.2 cm³/mol. The number of carboxylic acid groups (broad SMARTS) is 1. The van der Waals surface area contributed by atoms with Crippen molar-refractivity contribution in [2.75, 3.05) is 26.3 Å². The number of amides is 1. The Morgan fingerprint density at radius 3 is 2.52 bits per heavy atom. The summed E-state index contributed by atoms with van der Waals surface area (Å²) in [4.78, 5) is 25.2.